The van der Waals surface area contributed by atoms with Gasteiger partial charge < -0.3 is 10.2 Å². The first-order valence-electron chi connectivity index (χ1n) is 11.4. The van der Waals surface area contributed by atoms with Gasteiger partial charge in [-0.25, -0.2) is 9.97 Å². The van der Waals surface area contributed by atoms with E-state index in [1.807, 2.05) is 38.2 Å². The summed E-state index contributed by atoms with van der Waals surface area (Å²) in [6, 6.07) is 10.2. The molecule has 0 radical (unpaired) electrons. The van der Waals surface area contributed by atoms with E-state index >= 15 is 0 Å². The lowest BCUT2D eigenvalue weighted by atomic mass is 9.52. The Hall–Kier alpha value is -3.32. The van der Waals surface area contributed by atoms with Crippen molar-refractivity contribution in [2.24, 2.45) is 11.8 Å². The van der Waals surface area contributed by atoms with Crippen molar-refractivity contribution in [1.82, 2.24) is 19.7 Å². The number of aliphatic hydroxyl groups excluding tert-OH is 2. The van der Waals surface area contributed by atoms with Crippen molar-refractivity contribution in [3.05, 3.63) is 77.2 Å². The molecule has 170 valence electrons. The smallest absolute Gasteiger partial charge is 0.165 e. The third-order valence-electron chi connectivity index (χ3n) is 7.36. The van der Waals surface area contributed by atoms with Crippen LogP contribution in [0.25, 0.3) is 11.3 Å². The van der Waals surface area contributed by atoms with Gasteiger partial charge >= 0.3 is 0 Å². The first kappa shape index (κ1) is 21.5. The maximum Gasteiger partial charge on any atom is 0.165 e. The number of Topliss-reactive ketones (excluding diaryl/α,β-unsaturated/α-hetero) is 1. The van der Waals surface area contributed by atoms with Crippen LogP contribution in [0, 0.1) is 18.8 Å². The quantitative estimate of drug-likeness (QED) is 0.472. The van der Waals surface area contributed by atoms with Crippen LogP contribution in [0.4, 0.5) is 0 Å². The number of rotatable bonds is 4. The Kier molecular flexibility index (Phi) is 5.37. The molecule has 1 fully saturated rings. The molecule has 2 heterocycles. The van der Waals surface area contributed by atoms with Crippen LogP contribution in [0.15, 0.2) is 54.6 Å². The Morgan fingerprint density at radius 2 is 2.03 bits per heavy atom. The summed E-state index contributed by atoms with van der Waals surface area (Å²) in [6.07, 6.45) is 6.69. The van der Waals surface area contributed by atoms with E-state index in [0.29, 0.717) is 24.4 Å². The standard InChI is InChI=1S/C26H28N4O3/c1-16-22-9-8-21-23(19-13-27-30(14-19)10-11-31)28-17(2)29-25(21)26(22,12-18(15-32)24(16)33)20-6-4-3-5-7-20/h3-7,13-16,22,31-32H,8-12H2,1-2H3/t16-,22-,26+/m0/s1. The Bertz CT molecular complexity index is 1230. The lowest BCUT2D eigenvalue weighted by Gasteiger charge is -2.51. The Morgan fingerprint density at radius 1 is 1.24 bits per heavy atom. The van der Waals surface area contributed by atoms with Crippen molar-refractivity contribution in [3.63, 3.8) is 0 Å². The van der Waals surface area contributed by atoms with E-state index in [2.05, 4.69) is 17.2 Å². The minimum Gasteiger partial charge on any atom is -0.515 e. The van der Waals surface area contributed by atoms with E-state index in [4.69, 9.17) is 9.97 Å². The first-order valence-corrected chi connectivity index (χ1v) is 11.4. The van der Waals surface area contributed by atoms with E-state index in [1.54, 1.807) is 10.9 Å². The highest BCUT2D eigenvalue weighted by Crippen LogP contribution is 2.56. The van der Waals surface area contributed by atoms with Crippen LogP contribution in [0.3, 0.4) is 0 Å². The molecule has 0 spiro atoms. The van der Waals surface area contributed by atoms with Crippen molar-refractivity contribution in [2.45, 2.75) is 45.1 Å². The number of aromatic nitrogens is 4. The summed E-state index contributed by atoms with van der Waals surface area (Å²) in [6.45, 7) is 4.31. The molecule has 2 aliphatic rings. The number of allylic oxidation sites excluding steroid dienone is 1. The molecule has 2 aliphatic carbocycles. The number of benzene rings is 1. The van der Waals surface area contributed by atoms with E-state index in [1.165, 1.54) is 0 Å². The van der Waals surface area contributed by atoms with E-state index in [9.17, 15) is 15.0 Å². The number of fused-ring (bicyclic) bond motifs is 3. The predicted molar refractivity (Wildman–Crippen MR) is 124 cm³/mol. The summed E-state index contributed by atoms with van der Waals surface area (Å²) in [5.41, 5.74) is 4.79. The van der Waals surface area contributed by atoms with Crippen LogP contribution < -0.4 is 0 Å². The molecule has 0 bridgehead atoms. The summed E-state index contributed by atoms with van der Waals surface area (Å²) in [4.78, 5) is 22.8. The van der Waals surface area contributed by atoms with Gasteiger partial charge in [0.2, 0.25) is 0 Å². The predicted octanol–water partition coefficient (Wildman–Crippen LogP) is 3.54. The highest BCUT2D eigenvalue weighted by Gasteiger charge is 2.55. The molecule has 0 amide bonds. The van der Waals surface area contributed by atoms with Gasteiger partial charge in [0.25, 0.3) is 0 Å². The van der Waals surface area contributed by atoms with Gasteiger partial charge in [0.05, 0.1) is 37.0 Å². The van der Waals surface area contributed by atoms with Crippen LogP contribution in [0.5, 0.6) is 0 Å². The lowest BCUT2D eigenvalue weighted by molar-refractivity contribution is -0.123. The maximum absolute atomic E-state index is 13.0. The fraction of sp³-hybridized carbons (Fsp3) is 0.385. The molecule has 1 aromatic carbocycles. The van der Waals surface area contributed by atoms with Gasteiger partial charge in [-0.1, -0.05) is 37.3 Å². The number of nitrogens with zero attached hydrogens (tertiary/aromatic N) is 4. The van der Waals surface area contributed by atoms with Crippen LogP contribution in [-0.4, -0.2) is 42.4 Å². The molecule has 0 saturated heterocycles. The molecule has 7 heteroatoms. The topological polar surface area (TPSA) is 101 Å². The zero-order chi connectivity index (χ0) is 23.2. The molecule has 0 unspecified atom stereocenters. The molecule has 2 N–H and O–H groups in total. The number of aliphatic hydroxyl groups is 2. The number of aryl methyl sites for hydroxylation is 1. The Labute approximate surface area is 192 Å². The summed E-state index contributed by atoms with van der Waals surface area (Å²) in [5, 5.41) is 23.6. The largest absolute Gasteiger partial charge is 0.515 e. The molecule has 5 rings (SSSR count). The first-order chi connectivity index (χ1) is 16.0. The van der Waals surface area contributed by atoms with Crippen molar-refractivity contribution in [1.29, 1.82) is 0 Å². The summed E-state index contributed by atoms with van der Waals surface area (Å²) in [7, 11) is 0. The molecule has 3 aromatic rings. The monoisotopic (exact) mass is 444 g/mol. The maximum atomic E-state index is 13.0. The van der Waals surface area contributed by atoms with E-state index in [-0.39, 0.29) is 24.2 Å². The van der Waals surface area contributed by atoms with Gasteiger partial charge in [0, 0.05) is 34.2 Å². The Morgan fingerprint density at radius 3 is 2.76 bits per heavy atom. The lowest BCUT2D eigenvalue weighted by Crippen LogP contribution is -2.51. The zero-order valence-corrected chi connectivity index (χ0v) is 18.9. The second-order valence-electron chi connectivity index (χ2n) is 9.13. The fourth-order valence-corrected chi connectivity index (χ4v) is 5.92. The molecule has 2 aromatic heterocycles. The van der Waals surface area contributed by atoms with Crippen molar-refractivity contribution >= 4 is 5.78 Å². The van der Waals surface area contributed by atoms with Gasteiger partial charge in [0.1, 0.15) is 5.82 Å². The average molecular weight is 445 g/mol. The van der Waals surface area contributed by atoms with Gasteiger partial charge in [-0.2, -0.15) is 5.10 Å². The molecular formula is C26H28N4O3. The van der Waals surface area contributed by atoms with E-state index < -0.39 is 5.41 Å². The van der Waals surface area contributed by atoms with Crippen LogP contribution in [-0.2, 0) is 23.2 Å². The third-order valence-corrected chi connectivity index (χ3v) is 7.36. The van der Waals surface area contributed by atoms with Gasteiger partial charge in [-0.3, -0.25) is 9.48 Å². The highest BCUT2D eigenvalue weighted by atomic mass is 16.3. The van der Waals surface area contributed by atoms with Crippen LogP contribution >= 0.6 is 0 Å². The Balaban J connectivity index is 1.78. The van der Waals surface area contributed by atoms with Gasteiger partial charge in [0.15, 0.2) is 5.78 Å². The average Bonchev–Trinajstić information content (AvgIpc) is 3.30. The second-order valence-corrected chi connectivity index (χ2v) is 9.13. The number of hydrogen-bond donors (Lipinski definition) is 2. The summed E-state index contributed by atoms with van der Waals surface area (Å²) >= 11 is 0. The number of ketones is 1. The SMILES string of the molecule is Cc1nc(-c2cnn(CCO)c2)c2c(n1)[C@@]1(c3ccccc3)CC(=CO)C(=O)[C@@H](C)[C@@H]1CC2. The summed E-state index contributed by atoms with van der Waals surface area (Å²) < 4.78 is 1.71. The fourth-order valence-electron chi connectivity index (χ4n) is 5.92. The summed E-state index contributed by atoms with van der Waals surface area (Å²) in [5.74, 6) is 0.530. The van der Waals surface area contributed by atoms with Gasteiger partial charge in [-0.15, -0.1) is 0 Å². The molecule has 3 atom stereocenters. The molecule has 1 saturated carbocycles. The number of carbonyl (C=O) groups excluding carboxylic acids is 1. The molecular weight excluding hydrogens is 416 g/mol. The number of carbonyl (C=O) groups is 1. The normalized spacial score (nSPS) is 25.7. The van der Waals surface area contributed by atoms with Crippen molar-refractivity contribution < 1.29 is 15.0 Å². The molecule has 7 nitrogen and oxygen atoms in total. The minimum absolute atomic E-state index is 0.0169. The minimum atomic E-state index is -0.528. The third kappa shape index (κ3) is 3.30. The van der Waals surface area contributed by atoms with Crippen LogP contribution in [0.2, 0.25) is 0 Å². The molecule has 0 aliphatic heterocycles. The van der Waals surface area contributed by atoms with Crippen molar-refractivity contribution in [2.75, 3.05) is 6.61 Å². The van der Waals surface area contributed by atoms with Crippen molar-refractivity contribution in [3.8, 4) is 11.3 Å². The zero-order valence-electron chi connectivity index (χ0n) is 18.9. The van der Waals surface area contributed by atoms with Crippen LogP contribution in [0.1, 0.15) is 42.4 Å². The number of hydrogen-bond acceptors (Lipinski definition) is 6. The van der Waals surface area contributed by atoms with E-state index in [0.717, 1.165) is 47.2 Å². The highest BCUT2D eigenvalue weighted by molar-refractivity contribution is 5.98. The molecule has 33 heavy (non-hydrogen) atoms. The second kappa shape index (κ2) is 8.23. The van der Waals surface area contributed by atoms with Gasteiger partial charge in [-0.05, 0) is 37.7 Å².